The van der Waals surface area contributed by atoms with Gasteiger partial charge in [0.05, 0.1) is 4.90 Å². The van der Waals surface area contributed by atoms with Crippen molar-refractivity contribution in [3.8, 4) is 5.75 Å². The molecule has 2 aromatic rings. The Morgan fingerprint density at radius 3 is 2.20 bits per heavy atom. The van der Waals surface area contributed by atoms with Crippen LogP contribution in [0, 0.1) is 11.7 Å². The summed E-state index contributed by atoms with van der Waals surface area (Å²) in [6, 6.07) is 12.5. The zero-order valence-electron chi connectivity index (χ0n) is 20.3. The van der Waals surface area contributed by atoms with Gasteiger partial charge in [-0.05, 0) is 106 Å². The lowest BCUT2D eigenvalue weighted by atomic mass is 9.84. The van der Waals surface area contributed by atoms with Gasteiger partial charge in [-0.25, -0.2) is 12.8 Å². The summed E-state index contributed by atoms with van der Waals surface area (Å²) < 4.78 is 42.2. The number of piperidine rings is 1. The van der Waals surface area contributed by atoms with Crippen LogP contribution < -0.4 is 10.1 Å². The molecule has 1 N–H and O–H groups in total. The van der Waals surface area contributed by atoms with Gasteiger partial charge >= 0.3 is 0 Å². The maximum absolute atomic E-state index is 13.0. The Morgan fingerprint density at radius 1 is 0.971 bits per heavy atom. The lowest BCUT2D eigenvalue weighted by Gasteiger charge is -2.34. The van der Waals surface area contributed by atoms with Crippen LogP contribution in [0.5, 0.6) is 5.75 Å². The first-order valence-corrected chi connectivity index (χ1v) is 14.4. The smallest absolute Gasteiger partial charge is 0.251 e. The molecule has 2 aromatic carbocycles. The third kappa shape index (κ3) is 7.51. The minimum Gasteiger partial charge on any atom is -0.490 e. The number of carbonyl (C=O) groups is 1. The summed E-state index contributed by atoms with van der Waals surface area (Å²) in [6.07, 6.45) is 8.69. The summed E-state index contributed by atoms with van der Waals surface area (Å²) >= 11 is 0. The Morgan fingerprint density at radius 2 is 1.60 bits per heavy atom. The number of sulfone groups is 1. The van der Waals surface area contributed by atoms with Gasteiger partial charge in [-0.3, -0.25) is 4.79 Å². The highest BCUT2D eigenvalue weighted by molar-refractivity contribution is 7.90. The Bertz CT molecular complexity index is 1070. The van der Waals surface area contributed by atoms with E-state index in [1.807, 2.05) is 0 Å². The van der Waals surface area contributed by atoms with Gasteiger partial charge in [0.2, 0.25) is 0 Å². The maximum Gasteiger partial charge on any atom is 0.251 e. The topological polar surface area (TPSA) is 75.7 Å². The van der Waals surface area contributed by atoms with Gasteiger partial charge < -0.3 is 15.0 Å². The van der Waals surface area contributed by atoms with Crippen molar-refractivity contribution in [1.82, 2.24) is 10.2 Å². The van der Waals surface area contributed by atoms with Crippen molar-refractivity contribution in [2.24, 2.45) is 5.92 Å². The highest BCUT2D eigenvalue weighted by atomic mass is 32.2. The highest BCUT2D eigenvalue weighted by Crippen LogP contribution is 2.28. The second-order valence-electron chi connectivity index (χ2n) is 9.89. The summed E-state index contributed by atoms with van der Waals surface area (Å²) in [5, 5.41) is 3.11. The van der Waals surface area contributed by atoms with Crippen molar-refractivity contribution in [3.05, 3.63) is 59.9 Å². The van der Waals surface area contributed by atoms with E-state index in [1.165, 1.54) is 30.7 Å². The Labute approximate surface area is 207 Å². The van der Waals surface area contributed by atoms with E-state index in [0.29, 0.717) is 11.5 Å². The molecule has 35 heavy (non-hydrogen) atoms. The highest BCUT2D eigenvalue weighted by Gasteiger charge is 2.25. The molecule has 1 aliphatic carbocycles. The molecular formula is C27H35FN2O4S. The maximum atomic E-state index is 13.0. The molecule has 2 fully saturated rings. The molecule has 190 valence electrons. The summed E-state index contributed by atoms with van der Waals surface area (Å²) in [6.45, 7) is 3.14. The van der Waals surface area contributed by atoms with E-state index in [-0.39, 0.29) is 28.8 Å². The van der Waals surface area contributed by atoms with Gasteiger partial charge in [-0.1, -0.05) is 0 Å². The number of hydrogen-bond acceptors (Lipinski definition) is 5. The second kappa shape index (κ2) is 11.5. The van der Waals surface area contributed by atoms with Crippen molar-refractivity contribution in [1.29, 1.82) is 0 Å². The predicted octanol–water partition coefficient (Wildman–Crippen LogP) is 4.45. The number of amides is 1. The summed E-state index contributed by atoms with van der Waals surface area (Å²) in [7, 11) is -3.26. The van der Waals surface area contributed by atoms with Crippen molar-refractivity contribution >= 4 is 15.7 Å². The largest absolute Gasteiger partial charge is 0.490 e. The molecule has 0 aromatic heterocycles. The van der Waals surface area contributed by atoms with Crippen LogP contribution in [0.4, 0.5) is 4.39 Å². The first-order chi connectivity index (χ1) is 16.8. The number of benzene rings is 2. The van der Waals surface area contributed by atoms with Gasteiger partial charge in [-0.15, -0.1) is 0 Å². The van der Waals surface area contributed by atoms with E-state index in [0.717, 1.165) is 70.2 Å². The lowest BCUT2D eigenvalue weighted by Crippen LogP contribution is -2.40. The number of hydrogen-bond donors (Lipinski definition) is 1. The number of ether oxygens (including phenoxy) is 1. The second-order valence-corrected chi connectivity index (χ2v) is 11.9. The van der Waals surface area contributed by atoms with E-state index in [4.69, 9.17) is 4.74 Å². The summed E-state index contributed by atoms with van der Waals surface area (Å²) in [4.78, 5) is 15.3. The Kier molecular flexibility index (Phi) is 8.44. The van der Waals surface area contributed by atoms with Gasteiger partial charge in [0.25, 0.3) is 5.91 Å². The lowest BCUT2D eigenvalue weighted by molar-refractivity contribution is 0.0897. The molecule has 0 spiro atoms. The van der Waals surface area contributed by atoms with Crippen LogP contribution in [-0.2, 0) is 9.84 Å². The molecule has 4 rings (SSSR count). The molecule has 0 bridgehead atoms. The zero-order chi connectivity index (χ0) is 24.8. The number of nitrogens with one attached hydrogen (secondary N) is 1. The SMILES string of the molecule is CS(=O)(=O)c1ccc(C(=O)NC2CCC(CCN3CCC(Oc4ccc(F)cc4)CC3)CC2)cc1. The number of nitrogens with zero attached hydrogens (tertiary/aromatic N) is 1. The van der Waals surface area contributed by atoms with E-state index in [9.17, 15) is 17.6 Å². The monoisotopic (exact) mass is 502 g/mol. The fourth-order valence-electron chi connectivity index (χ4n) is 5.04. The number of rotatable bonds is 8. The fourth-order valence-corrected chi connectivity index (χ4v) is 5.67. The average Bonchev–Trinajstić information content (AvgIpc) is 2.85. The van der Waals surface area contributed by atoms with Crippen LogP contribution in [0.25, 0.3) is 0 Å². The van der Waals surface area contributed by atoms with Crippen molar-refractivity contribution in [3.63, 3.8) is 0 Å². The van der Waals surface area contributed by atoms with Gasteiger partial charge in [0, 0.05) is 31.0 Å². The van der Waals surface area contributed by atoms with Crippen LogP contribution >= 0.6 is 0 Å². The summed E-state index contributed by atoms with van der Waals surface area (Å²) in [5.41, 5.74) is 0.492. The molecule has 8 heteroatoms. The van der Waals surface area contributed by atoms with Gasteiger partial charge in [-0.2, -0.15) is 0 Å². The van der Waals surface area contributed by atoms with Crippen molar-refractivity contribution in [2.45, 2.75) is 62.0 Å². The Balaban J connectivity index is 1.12. The minimum absolute atomic E-state index is 0.140. The van der Waals surface area contributed by atoms with Crippen LogP contribution in [0.15, 0.2) is 53.4 Å². The molecule has 1 aliphatic heterocycles. The third-order valence-corrected chi connectivity index (χ3v) is 8.36. The zero-order valence-corrected chi connectivity index (χ0v) is 21.1. The molecule has 6 nitrogen and oxygen atoms in total. The van der Waals surface area contributed by atoms with E-state index in [1.54, 1.807) is 24.3 Å². The van der Waals surface area contributed by atoms with Gasteiger partial charge in [0.15, 0.2) is 9.84 Å². The minimum atomic E-state index is -3.26. The fraction of sp³-hybridized carbons (Fsp3) is 0.519. The van der Waals surface area contributed by atoms with E-state index in [2.05, 4.69) is 10.2 Å². The van der Waals surface area contributed by atoms with Crippen LogP contribution in [-0.4, -0.2) is 57.3 Å². The average molecular weight is 503 g/mol. The molecule has 0 unspecified atom stereocenters. The molecular weight excluding hydrogens is 467 g/mol. The normalized spacial score (nSPS) is 22.0. The van der Waals surface area contributed by atoms with Crippen molar-refractivity contribution < 1.29 is 22.3 Å². The first-order valence-electron chi connectivity index (χ1n) is 12.5. The number of likely N-dealkylation sites (tertiary alicyclic amines) is 1. The third-order valence-electron chi connectivity index (χ3n) is 7.23. The molecule has 1 saturated carbocycles. The van der Waals surface area contributed by atoms with E-state index >= 15 is 0 Å². The number of halogens is 1. The standard InChI is InChI=1S/C27H35FN2O4S/c1-35(32,33)26-12-4-21(5-13-26)27(31)29-23-8-2-20(3-9-23)14-17-30-18-15-25(16-19-30)34-24-10-6-22(28)7-11-24/h4-7,10-13,20,23,25H,2-3,8-9,14-19H2,1H3,(H,29,31). The predicted molar refractivity (Wildman–Crippen MR) is 134 cm³/mol. The quantitative estimate of drug-likeness (QED) is 0.577. The van der Waals surface area contributed by atoms with Crippen LogP contribution in [0.3, 0.4) is 0 Å². The first kappa shape index (κ1) is 25.6. The van der Waals surface area contributed by atoms with Crippen LogP contribution in [0.1, 0.15) is 55.3 Å². The summed E-state index contributed by atoms with van der Waals surface area (Å²) in [5.74, 6) is 1.04. The van der Waals surface area contributed by atoms with E-state index < -0.39 is 9.84 Å². The van der Waals surface area contributed by atoms with Crippen molar-refractivity contribution in [2.75, 3.05) is 25.9 Å². The molecule has 1 saturated heterocycles. The molecule has 0 atom stereocenters. The number of carbonyl (C=O) groups excluding carboxylic acids is 1. The molecule has 1 heterocycles. The van der Waals surface area contributed by atoms with Crippen LogP contribution in [0.2, 0.25) is 0 Å². The molecule has 0 radical (unpaired) electrons. The Hall–Kier alpha value is -2.45. The van der Waals surface area contributed by atoms with Gasteiger partial charge in [0.1, 0.15) is 17.7 Å². The molecule has 2 aliphatic rings. The molecule has 1 amide bonds.